The summed E-state index contributed by atoms with van der Waals surface area (Å²) < 4.78 is 4.69. The fourth-order valence-electron chi connectivity index (χ4n) is 0.796. The zero-order valence-corrected chi connectivity index (χ0v) is 9.39. The lowest BCUT2D eigenvalue weighted by Crippen LogP contribution is -2.08. The Labute approximate surface area is 96.7 Å². The summed E-state index contributed by atoms with van der Waals surface area (Å²) in [4.78, 5) is 11.1. The van der Waals surface area contributed by atoms with Crippen LogP contribution in [-0.4, -0.2) is 24.3 Å². The van der Waals surface area contributed by atoms with Gasteiger partial charge in [-0.25, -0.2) is 4.79 Å². The second-order valence-corrected chi connectivity index (χ2v) is 2.23. The van der Waals surface area contributed by atoms with Crippen LogP contribution in [0.15, 0.2) is 56.6 Å². The third-order valence-electron chi connectivity index (χ3n) is 1.33. The van der Waals surface area contributed by atoms with Gasteiger partial charge in [0.05, 0.1) is 12.2 Å². The number of aliphatic hydroxyl groups is 1. The van der Waals surface area contributed by atoms with Crippen molar-refractivity contribution in [3.05, 3.63) is 62.2 Å². The van der Waals surface area contributed by atoms with Crippen molar-refractivity contribution in [3.63, 3.8) is 0 Å². The maximum atomic E-state index is 11.1. The molecule has 0 saturated carbocycles. The number of carbonyl (C=O) groups excluding carboxylic acids is 1. The number of hydrogen-bond acceptors (Lipinski definition) is 3. The second kappa shape index (κ2) is 13.1. The summed E-state index contributed by atoms with van der Waals surface area (Å²) in [5, 5.41) is 8.38. The van der Waals surface area contributed by atoms with Gasteiger partial charge >= 0.3 is 5.97 Å². The highest BCUT2D eigenvalue weighted by Gasteiger charge is 2.03. The van der Waals surface area contributed by atoms with E-state index in [1.54, 1.807) is 24.3 Å². The second-order valence-electron chi connectivity index (χ2n) is 2.23. The number of carbonyl (C=O) groups is 1. The largest absolute Gasteiger partial charge is 0.460 e. The molecule has 0 aliphatic carbocycles. The first-order chi connectivity index (χ1) is 7.84. The molecule has 0 aliphatic rings. The van der Waals surface area contributed by atoms with Crippen LogP contribution in [0.1, 0.15) is 10.4 Å². The van der Waals surface area contributed by atoms with Gasteiger partial charge < -0.3 is 9.84 Å². The number of esters is 1. The van der Waals surface area contributed by atoms with Gasteiger partial charge in [-0.1, -0.05) is 18.2 Å². The molecule has 1 N–H and O–H groups in total. The van der Waals surface area contributed by atoms with Crippen molar-refractivity contribution in [2.75, 3.05) is 13.2 Å². The van der Waals surface area contributed by atoms with Gasteiger partial charge in [-0.2, -0.15) is 0 Å². The molecular weight excluding hydrogens is 204 g/mol. The van der Waals surface area contributed by atoms with E-state index in [2.05, 4.69) is 31.1 Å². The van der Waals surface area contributed by atoms with Crippen LogP contribution in [0.4, 0.5) is 0 Å². The molecular formula is C13H18O3. The van der Waals surface area contributed by atoms with Crippen molar-refractivity contribution >= 4 is 5.97 Å². The predicted octanol–water partition coefficient (Wildman–Crippen LogP) is 2.44. The van der Waals surface area contributed by atoms with Crippen molar-refractivity contribution in [1.29, 1.82) is 0 Å². The van der Waals surface area contributed by atoms with Crippen LogP contribution in [0.25, 0.3) is 0 Å². The normalized spacial score (nSPS) is 7.56. The van der Waals surface area contributed by atoms with Crippen LogP contribution in [-0.2, 0) is 4.74 Å². The molecule has 0 amide bonds. The maximum Gasteiger partial charge on any atom is 0.338 e. The average molecular weight is 222 g/mol. The smallest absolute Gasteiger partial charge is 0.338 e. The van der Waals surface area contributed by atoms with E-state index in [0.717, 1.165) is 0 Å². The molecule has 0 radical (unpaired) electrons. The topological polar surface area (TPSA) is 46.5 Å². The van der Waals surface area contributed by atoms with Crippen molar-refractivity contribution < 1.29 is 14.6 Å². The number of rotatable bonds is 3. The van der Waals surface area contributed by atoms with Crippen LogP contribution in [0, 0.1) is 0 Å². The summed E-state index contributed by atoms with van der Waals surface area (Å²) in [7, 11) is 0. The fraction of sp³-hybridized carbons (Fsp3) is 0.154. The minimum atomic E-state index is -0.398. The van der Waals surface area contributed by atoms with Crippen molar-refractivity contribution in [1.82, 2.24) is 0 Å². The zero-order chi connectivity index (χ0) is 12.8. The summed E-state index contributed by atoms with van der Waals surface area (Å²) in [6.45, 7) is 11.9. The van der Waals surface area contributed by atoms with Crippen LogP contribution < -0.4 is 0 Å². The van der Waals surface area contributed by atoms with Crippen molar-refractivity contribution in [2.24, 2.45) is 0 Å². The van der Waals surface area contributed by atoms with E-state index in [1.165, 1.54) is 0 Å². The SMILES string of the molecule is C=C.C=C.O=C(OCCO)c1ccccc1. The molecule has 3 nitrogen and oxygen atoms in total. The molecule has 88 valence electrons. The van der Waals surface area contributed by atoms with Gasteiger partial charge in [0.25, 0.3) is 0 Å². The lowest BCUT2D eigenvalue weighted by molar-refractivity contribution is 0.0434. The summed E-state index contributed by atoms with van der Waals surface area (Å²) in [6.07, 6.45) is 0. The maximum absolute atomic E-state index is 11.1. The van der Waals surface area contributed by atoms with Gasteiger partial charge in [0.15, 0.2) is 0 Å². The lowest BCUT2D eigenvalue weighted by atomic mass is 10.2. The van der Waals surface area contributed by atoms with Crippen molar-refractivity contribution in [3.8, 4) is 0 Å². The third-order valence-corrected chi connectivity index (χ3v) is 1.33. The Hall–Kier alpha value is -1.87. The molecule has 1 aromatic carbocycles. The highest BCUT2D eigenvalue weighted by molar-refractivity contribution is 5.89. The quantitative estimate of drug-likeness (QED) is 0.631. The molecule has 1 rings (SSSR count). The highest BCUT2D eigenvalue weighted by atomic mass is 16.5. The Kier molecular flexibility index (Phi) is 13.6. The predicted molar refractivity (Wildman–Crippen MR) is 66.3 cm³/mol. The Balaban J connectivity index is 0. The van der Waals surface area contributed by atoms with E-state index in [-0.39, 0.29) is 13.2 Å². The standard InChI is InChI=1S/C9H10O3.2C2H4/c10-6-7-12-9(11)8-4-2-1-3-5-8;2*1-2/h1-5,10H,6-7H2;2*1-2H2. The summed E-state index contributed by atoms with van der Waals surface area (Å²) in [5.41, 5.74) is 0.506. The molecule has 16 heavy (non-hydrogen) atoms. The summed E-state index contributed by atoms with van der Waals surface area (Å²) in [5.74, 6) is -0.398. The van der Waals surface area contributed by atoms with Gasteiger partial charge in [-0.15, -0.1) is 26.3 Å². The van der Waals surface area contributed by atoms with Gasteiger partial charge in [-0.05, 0) is 12.1 Å². The average Bonchev–Trinajstić information content (AvgIpc) is 2.41. The Morgan fingerprint density at radius 2 is 1.62 bits per heavy atom. The number of aliphatic hydroxyl groups excluding tert-OH is 1. The molecule has 0 spiro atoms. The number of benzene rings is 1. The van der Waals surface area contributed by atoms with E-state index < -0.39 is 5.97 Å². The minimum Gasteiger partial charge on any atom is -0.460 e. The van der Waals surface area contributed by atoms with Gasteiger partial charge in [0.1, 0.15) is 6.61 Å². The zero-order valence-electron chi connectivity index (χ0n) is 9.39. The summed E-state index contributed by atoms with van der Waals surface area (Å²) in [6, 6.07) is 8.67. The van der Waals surface area contributed by atoms with E-state index in [0.29, 0.717) is 5.56 Å². The summed E-state index contributed by atoms with van der Waals surface area (Å²) >= 11 is 0. The Bertz CT molecular complexity index is 268. The first-order valence-corrected chi connectivity index (χ1v) is 4.67. The lowest BCUT2D eigenvalue weighted by Gasteiger charge is -2.00. The van der Waals surface area contributed by atoms with Gasteiger partial charge in [0, 0.05) is 0 Å². The van der Waals surface area contributed by atoms with Crippen molar-refractivity contribution in [2.45, 2.75) is 0 Å². The van der Waals surface area contributed by atoms with E-state index in [4.69, 9.17) is 5.11 Å². The Morgan fingerprint density at radius 1 is 1.12 bits per heavy atom. The molecule has 3 heteroatoms. The monoisotopic (exact) mass is 222 g/mol. The number of hydrogen-bond donors (Lipinski definition) is 1. The molecule has 0 bridgehead atoms. The molecule has 0 heterocycles. The van der Waals surface area contributed by atoms with Crippen LogP contribution in [0.2, 0.25) is 0 Å². The van der Waals surface area contributed by atoms with Crippen LogP contribution >= 0.6 is 0 Å². The number of ether oxygens (including phenoxy) is 1. The third kappa shape index (κ3) is 7.53. The molecule has 0 aromatic heterocycles. The fourth-order valence-corrected chi connectivity index (χ4v) is 0.796. The molecule has 0 saturated heterocycles. The molecule has 0 fully saturated rings. The molecule has 1 aromatic rings. The first-order valence-electron chi connectivity index (χ1n) is 4.67. The van der Waals surface area contributed by atoms with E-state index in [1.807, 2.05) is 6.07 Å². The first kappa shape index (κ1) is 16.6. The van der Waals surface area contributed by atoms with Crippen LogP contribution in [0.5, 0.6) is 0 Å². The van der Waals surface area contributed by atoms with E-state index >= 15 is 0 Å². The van der Waals surface area contributed by atoms with E-state index in [9.17, 15) is 4.79 Å². The molecule has 0 atom stereocenters. The molecule has 0 unspecified atom stereocenters. The highest BCUT2D eigenvalue weighted by Crippen LogP contribution is 2.00. The van der Waals surface area contributed by atoms with Gasteiger partial charge in [0.2, 0.25) is 0 Å². The Morgan fingerprint density at radius 3 is 2.06 bits per heavy atom. The van der Waals surface area contributed by atoms with Gasteiger partial charge in [-0.3, -0.25) is 0 Å². The minimum absolute atomic E-state index is 0.0493. The van der Waals surface area contributed by atoms with Crippen LogP contribution in [0.3, 0.4) is 0 Å². The molecule has 0 aliphatic heterocycles.